The average Bonchev–Trinajstić information content (AvgIpc) is 3.13. The van der Waals surface area contributed by atoms with Crippen LogP contribution in [-0.2, 0) is 4.74 Å². The van der Waals surface area contributed by atoms with Gasteiger partial charge in [0.2, 0.25) is 5.95 Å². The van der Waals surface area contributed by atoms with Gasteiger partial charge < -0.3 is 9.64 Å². The third kappa shape index (κ3) is 3.61. The second-order valence-corrected chi connectivity index (χ2v) is 7.53. The number of nitrogens with zero attached hydrogens (tertiary/aromatic N) is 4. The molecule has 26 heavy (non-hydrogen) atoms. The number of morpholine rings is 1. The van der Waals surface area contributed by atoms with Crippen molar-refractivity contribution in [2.45, 2.75) is 17.3 Å². The van der Waals surface area contributed by atoms with Crippen molar-refractivity contribution in [3.05, 3.63) is 66.2 Å². The molecule has 134 valence electrons. The van der Waals surface area contributed by atoms with Crippen LogP contribution in [-0.4, -0.2) is 41.1 Å². The fourth-order valence-corrected chi connectivity index (χ4v) is 4.05. The van der Waals surface area contributed by atoms with E-state index in [0.29, 0.717) is 5.25 Å². The fourth-order valence-electron chi connectivity index (χ4n) is 3.06. The molecule has 1 aromatic heterocycles. The minimum absolute atomic E-state index is 0.292. The Hall–Kier alpha value is -2.31. The van der Waals surface area contributed by atoms with Gasteiger partial charge >= 0.3 is 0 Å². The molecule has 1 fully saturated rings. The molecule has 6 heteroatoms. The molecular weight excluding hydrogens is 344 g/mol. The molecule has 1 atom stereocenters. The van der Waals surface area contributed by atoms with Crippen molar-refractivity contribution in [2.24, 2.45) is 0 Å². The quantitative estimate of drug-likeness (QED) is 0.640. The molecule has 2 heterocycles. The largest absolute Gasteiger partial charge is 0.378 e. The monoisotopic (exact) mass is 366 g/mol. The summed E-state index contributed by atoms with van der Waals surface area (Å²) in [7, 11) is 0. The van der Waals surface area contributed by atoms with Gasteiger partial charge in [0.25, 0.3) is 0 Å². The zero-order valence-electron chi connectivity index (χ0n) is 14.8. The molecule has 4 rings (SSSR count). The normalized spacial score (nSPS) is 15.8. The Kier molecular flexibility index (Phi) is 5.22. The molecule has 1 saturated heterocycles. The molecule has 3 aromatic rings. The zero-order chi connectivity index (χ0) is 17.8. The van der Waals surface area contributed by atoms with E-state index in [1.165, 1.54) is 5.56 Å². The van der Waals surface area contributed by atoms with Gasteiger partial charge in [-0.25, -0.2) is 0 Å². The molecule has 0 unspecified atom stereocenters. The van der Waals surface area contributed by atoms with Gasteiger partial charge in [-0.05, 0) is 24.6 Å². The molecule has 0 N–H and O–H groups in total. The first-order valence-electron chi connectivity index (χ1n) is 8.88. The first-order valence-corrected chi connectivity index (χ1v) is 9.76. The lowest BCUT2D eigenvalue weighted by Gasteiger charge is -2.28. The number of aromatic nitrogens is 3. The van der Waals surface area contributed by atoms with Crippen LogP contribution in [0.2, 0.25) is 0 Å². The summed E-state index contributed by atoms with van der Waals surface area (Å²) in [6.45, 7) is 5.33. The Balaban J connectivity index is 1.69. The van der Waals surface area contributed by atoms with Gasteiger partial charge in [0.1, 0.15) is 0 Å². The summed E-state index contributed by atoms with van der Waals surface area (Å²) in [4.78, 5) is 2.25. The number of benzene rings is 2. The zero-order valence-corrected chi connectivity index (χ0v) is 15.6. The summed E-state index contributed by atoms with van der Waals surface area (Å²) >= 11 is 1.73. The van der Waals surface area contributed by atoms with E-state index in [4.69, 9.17) is 4.74 Å². The maximum atomic E-state index is 5.49. The fraction of sp³-hybridized carbons (Fsp3) is 0.300. The van der Waals surface area contributed by atoms with Crippen molar-refractivity contribution in [3.63, 3.8) is 0 Å². The predicted octanol–water partition coefficient (Wildman–Crippen LogP) is 3.96. The molecule has 5 nitrogen and oxygen atoms in total. The van der Waals surface area contributed by atoms with Crippen LogP contribution in [0.4, 0.5) is 5.95 Å². The van der Waals surface area contributed by atoms with Gasteiger partial charge in [-0.2, -0.15) is 0 Å². The lowest BCUT2D eigenvalue weighted by Crippen LogP contribution is -2.37. The van der Waals surface area contributed by atoms with Gasteiger partial charge in [0, 0.05) is 18.3 Å². The summed E-state index contributed by atoms with van der Waals surface area (Å²) in [6, 6.07) is 20.8. The van der Waals surface area contributed by atoms with Crippen molar-refractivity contribution < 1.29 is 4.74 Å². The Morgan fingerprint density at radius 1 is 0.923 bits per heavy atom. The molecule has 1 aliphatic rings. The van der Waals surface area contributed by atoms with E-state index < -0.39 is 0 Å². The van der Waals surface area contributed by atoms with E-state index in [-0.39, 0.29) is 0 Å². The van der Waals surface area contributed by atoms with Crippen LogP contribution in [0.5, 0.6) is 0 Å². The molecule has 0 amide bonds. The van der Waals surface area contributed by atoms with Crippen LogP contribution in [0, 0.1) is 0 Å². The second kappa shape index (κ2) is 7.93. The molecule has 2 aromatic carbocycles. The molecular formula is C20H22N4OS. The first kappa shape index (κ1) is 17.1. The molecule has 0 radical (unpaired) electrons. The first-order chi connectivity index (χ1) is 12.8. The van der Waals surface area contributed by atoms with Crippen molar-refractivity contribution in [1.29, 1.82) is 0 Å². The van der Waals surface area contributed by atoms with Crippen molar-refractivity contribution >= 4 is 17.7 Å². The third-order valence-electron chi connectivity index (χ3n) is 4.48. The lowest BCUT2D eigenvalue weighted by molar-refractivity contribution is 0.122. The van der Waals surface area contributed by atoms with Gasteiger partial charge in [0.15, 0.2) is 5.16 Å². The molecule has 1 aliphatic heterocycles. The van der Waals surface area contributed by atoms with Crippen LogP contribution in [0.3, 0.4) is 0 Å². The van der Waals surface area contributed by atoms with E-state index in [1.54, 1.807) is 11.8 Å². The molecule has 0 saturated carbocycles. The summed E-state index contributed by atoms with van der Waals surface area (Å²) < 4.78 is 7.65. The van der Waals surface area contributed by atoms with Crippen molar-refractivity contribution in [3.8, 4) is 5.69 Å². The van der Waals surface area contributed by atoms with Crippen molar-refractivity contribution in [2.75, 3.05) is 31.2 Å². The summed E-state index contributed by atoms with van der Waals surface area (Å²) in [5.74, 6) is 0.891. The Labute approximate surface area is 158 Å². The standard InChI is InChI=1S/C20H22N4OS/c1-16(17-8-4-2-5-9-17)26-20-22-21-19(23-12-14-25-15-13-23)24(20)18-10-6-3-7-11-18/h2-11,16H,12-15H2,1H3/t16-/m0/s1. The predicted molar refractivity (Wildman–Crippen MR) is 105 cm³/mol. The maximum Gasteiger partial charge on any atom is 0.232 e. The number of rotatable bonds is 5. The van der Waals surface area contributed by atoms with Crippen LogP contribution in [0.15, 0.2) is 65.8 Å². The van der Waals surface area contributed by atoms with Gasteiger partial charge in [-0.1, -0.05) is 60.3 Å². The van der Waals surface area contributed by atoms with E-state index >= 15 is 0 Å². The maximum absolute atomic E-state index is 5.49. The number of thioether (sulfide) groups is 1. The number of hydrogen-bond donors (Lipinski definition) is 0. The SMILES string of the molecule is C[C@H](Sc1nnc(N2CCOCC2)n1-c1ccccc1)c1ccccc1. The van der Waals surface area contributed by atoms with Crippen LogP contribution in [0.25, 0.3) is 5.69 Å². The van der Waals surface area contributed by atoms with E-state index in [2.05, 4.69) is 63.0 Å². The topological polar surface area (TPSA) is 43.2 Å². The van der Waals surface area contributed by atoms with E-state index in [1.807, 2.05) is 24.3 Å². The summed E-state index contributed by atoms with van der Waals surface area (Å²) in [6.07, 6.45) is 0. The highest BCUT2D eigenvalue weighted by Gasteiger charge is 2.23. The van der Waals surface area contributed by atoms with Crippen LogP contribution in [0.1, 0.15) is 17.7 Å². The van der Waals surface area contributed by atoms with Crippen molar-refractivity contribution in [1.82, 2.24) is 14.8 Å². The van der Waals surface area contributed by atoms with Crippen LogP contribution < -0.4 is 4.90 Å². The highest BCUT2D eigenvalue weighted by molar-refractivity contribution is 7.99. The molecule has 0 bridgehead atoms. The number of anilines is 1. The van der Waals surface area contributed by atoms with Gasteiger partial charge in [-0.15, -0.1) is 10.2 Å². The minimum Gasteiger partial charge on any atom is -0.378 e. The highest BCUT2D eigenvalue weighted by Crippen LogP contribution is 2.36. The third-order valence-corrected chi connectivity index (χ3v) is 5.58. The highest BCUT2D eigenvalue weighted by atomic mass is 32.2. The number of para-hydroxylation sites is 1. The number of ether oxygens (including phenoxy) is 1. The average molecular weight is 366 g/mol. The smallest absolute Gasteiger partial charge is 0.232 e. The summed E-state index contributed by atoms with van der Waals surface area (Å²) in [5, 5.41) is 10.3. The summed E-state index contributed by atoms with van der Waals surface area (Å²) in [5.41, 5.74) is 2.37. The Morgan fingerprint density at radius 3 is 2.27 bits per heavy atom. The Morgan fingerprint density at radius 2 is 1.58 bits per heavy atom. The van der Waals surface area contributed by atoms with E-state index in [9.17, 15) is 0 Å². The molecule has 0 aliphatic carbocycles. The number of hydrogen-bond acceptors (Lipinski definition) is 5. The second-order valence-electron chi connectivity index (χ2n) is 6.22. The minimum atomic E-state index is 0.292. The Bertz CT molecular complexity index is 832. The van der Waals surface area contributed by atoms with E-state index in [0.717, 1.165) is 43.1 Å². The molecule has 0 spiro atoms. The van der Waals surface area contributed by atoms with Gasteiger partial charge in [0.05, 0.1) is 18.9 Å². The van der Waals surface area contributed by atoms with Crippen LogP contribution >= 0.6 is 11.8 Å². The van der Waals surface area contributed by atoms with Gasteiger partial charge in [-0.3, -0.25) is 4.57 Å². The lowest BCUT2D eigenvalue weighted by atomic mass is 10.2.